The van der Waals surface area contributed by atoms with Crippen molar-refractivity contribution in [2.75, 3.05) is 16.6 Å². The number of carbonyl (C=O) groups is 3. The molecular formula is C22H27N5O5S2. The fourth-order valence-electron chi connectivity index (χ4n) is 5.16. The van der Waals surface area contributed by atoms with Crippen molar-refractivity contribution in [1.29, 1.82) is 0 Å². The first kappa shape index (κ1) is 24.1. The van der Waals surface area contributed by atoms with E-state index in [-0.39, 0.29) is 27.3 Å². The highest BCUT2D eigenvalue weighted by Gasteiger charge is 2.56. The topological polar surface area (TPSA) is 138 Å². The van der Waals surface area contributed by atoms with E-state index in [0.29, 0.717) is 18.5 Å². The number of carbonyl (C=O) groups excluding carboxylic acids is 3. The Bertz CT molecular complexity index is 1210. The minimum Gasteiger partial charge on any atom is -0.325 e. The lowest BCUT2D eigenvalue weighted by Crippen LogP contribution is -2.54. The maximum absolute atomic E-state index is 13.2. The summed E-state index contributed by atoms with van der Waals surface area (Å²) in [4.78, 5) is 43.2. The van der Waals surface area contributed by atoms with E-state index < -0.39 is 34.0 Å². The van der Waals surface area contributed by atoms with Gasteiger partial charge in [0.2, 0.25) is 5.91 Å². The van der Waals surface area contributed by atoms with Gasteiger partial charge in [-0.1, -0.05) is 20.8 Å². The van der Waals surface area contributed by atoms with Crippen molar-refractivity contribution in [3.63, 3.8) is 0 Å². The zero-order valence-electron chi connectivity index (χ0n) is 19.1. The first-order chi connectivity index (χ1) is 15.9. The van der Waals surface area contributed by atoms with Crippen molar-refractivity contribution in [1.82, 2.24) is 15.2 Å². The van der Waals surface area contributed by atoms with Crippen molar-refractivity contribution in [3.8, 4) is 0 Å². The van der Waals surface area contributed by atoms with Crippen LogP contribution in [-0.2, 0) is 19.6 Å². The Labute approximate surface area is 202 Å². The fourth-order valence-corrected chi connectivity index (χ4v) is 6.95. The van der Waals surface area contributed by atoms with Crippen molar-refractivity contribution in [2.45, 2.75) is 50.5 Å². The summed E-state index contributed by atoms with van der Waals surface area (Å²) < 4.78 is 27.2. The summed E-state index contributed by atoms with van der Waals surface area (Å²) in [6.07, 6.45) is 3.52. The van der Waals surface area contributed by atoms with Crippen LogP contribution in [0.15, 0.2) is 40.7 Å². The van der Waals surface area contributed by atoms with E-state index in [1.807, 2.05) is 0 Å². The number of sulfonamides is 1. The van der Waals surface area contributed by atoms with Crippen LogP contribution < -0.4 is 15.4 Å². The number of thiazole rings is 1. The molecule has 1 aliphatic heterocycles. The standard InChI is InChI=1S/C22H27N5O5S2/c1-14-10-21(2,3)13-22(11-14)18(29)27(20(30)25-22)12-17(28)24-15-4-6-16(7-5-15)34(31,32)26-19-23-8-9-33-19/h4-9,14H,10-13H2,1-3H3,(H,23,26)(H,24,28)(H,25,30). The molecule has 2 unspecified atom stereocenters. The van der Waals surface area contributed by atoms with Gasteiger partial charge in [-0.25, -0.2) is 18.2 Å². The zero-order valence-corrected chi connectivity index (χ0v) is 20.8. The largest absolute Gasteiger partial charge is 0.325 e. The van der Waals surface area contributed by atoms with Gasteiger partial charge >= 0.3 is 6.03 Å². The number of rotatable bonds is 6. The molecule has 12 heteroatoms. The predicted octanol–water partition coefficient (Wildman–Crippen LogP) is 3.02. The summed E-state index contributed by atoms with van der Waals surface area (Å²) in [5.41, 5.74) is -0.735. The number of urea groups is 1. The maximum atomic E-state index is 13.2. The second-order valence-corrected chi connectivity index (χ2v) is 12.4. The Morgan fingerprint density at radius 1 is 1.24 bits per heavy atom. The lowest BCUT2D eigenvalue weighted by molar-refractivity contribution is -0.136. The lowest BCUT2D eigenvalue weighted by Gasteiger charge is -2.43. The number of hydrogen-bond acceptors (Lipinski definition) is 7. The van der Waals surface area contributed by atoms with Gasteiger partial charge in [-0.15, -0.1) is 11.3 Å². The molecule has 1 spiro atoms. The van der Waals surface area contributed by atoms with Crippen LogP contribution in [0.25, 0.3) is 0 Å². The van der Waals surface area contributed by atoms with Crippen LogP contribution in [0.1, 0.15) is 40.0 Å². The molecule has 1 saturated heterocycles. The molecule has 1 aliphatic carbocycles. The minimum absolute atomic E-state index is 0.00534. The SMILES string of the molecule is CC1CC(C)(C)CC2(C1)NC(=O)N(CC(=O)Nc1ccc(S(=O)(=O)Nc3nccs3)cc1)C2=O. The van der Waals surface area contributed by atoms with Crippen LogP contribution >= 0.6 is 11.3 Å². The summed E-state index contributed by atoms with van der Waals surface area (Å²) in [6, 6.07) is 5.00. The Balaban J connectivity index is 1.40. The van der Waals surface area contributed by atoms with Crippen LogP contribution in [0.3, 0.4) is 0 Å². The molecule has 10 nitrogen and oxygen atoms in total. The highest BCUT2D eigenvalue weighted by atomic mass is 32.2. The lowest BCUT2D eigenvalue weighted by atomic mass is 9.64. The molecule has 3 N–H and O–H groups in total. The normalized spacial score (nSPS) is 24.2. The number of aromatic nitrogens is 1. The third-order valence-electron chi connectivity index (χ3n) is 6.03. The van der Waals surface area contributed by atoms with E-state index in [4.69, 9.17) is 0 Å². The molecule has 34 heavy (non-hydrogen) atoms. The van der Waals surface area contributed by atoms with Gasteiger partial charge in [-0.05, 0) is 54.9 Å². The van der Waals surface area contributed by atoms with E-state index in [1.54, 1.807) is 5.38 Å². The molecule has 2 aliphatic rings. The summed E-state index contributed by atoms with van der Waals surface area (Å²) >= 11 is 1.16. The van der Waals surface area contributed by atoms with Crippen molar-refractivity contribution in [3.05, 3.63) is 35.8 Å². The molecule has 2 atom stereocenters. The first-order valence-electron chi connectivity index (χ1n) is 10.9. The number of nitrogens with zero attached hydrogens (tertiary/aromatic N) is 2. The number of nitrogens with one attached hydrogen (secondary N) is 3. The van der Waals surface area contributed by atoms with E-state index in [1.165, 1.54) is 30.5 Å². The summed E-state index contributed by atoms with van der Waals surface area (Å²) in [5, 5.41) is 7.36. The second-order valence-electron chi connectivity index (χ2n) is 9.77. The fraction of sp³-hybridized carbons (Fsp3) is 0.455. The van der Waals surface area contributed by atoms with Gasteiger partial charge in [-0.2, -0.15) is 0 Å². The van der Waals surface area contributed by atoms with Gasteiger partial charge in [0.05, 0.1) is 4.90 Å². The molecule has 4 rings (SSSR count). The van der Waals surface area contributed by atoms with Crippen molar-refractivity contribution in [2.24, 2.45) is 11.3 Å². The molecule has 182 valence electrons. The zero-order chi connectivity index (χ0) is 24.7. The number of imide groups is 1. The van der Waals surface area contributed by atoms with E-state index >= 15 is 0 Å². The minimum atomic E-state index is -3.81. The molecule has 2 aromatic rings. The molecule has 1 saturated carbocycles. The van der Waals surface area contributed by atoms with Crippen LogP contribution in [-0.4, -0.2) is 48.2 Å². The number of benzene rings is 1. The van der Waals surface area contributed by atoms with Gasteiger partial charge in [0.1, 0.15) is 12.1 Å². The van der Waals surface area contributed by atoms with Gasteiger partial charge in [-0.3, -0.25) is 19.2 Å². The number of amides is 4. The molecular weight excluding hydrogens is 478 g/mol. The quantitative estimate of drug-likeness (QED) is 0.516. The second kappa shape index (κ2) is 8.66. The van der Waals surface area contributed by atoms with Gasteiger partial charge in [0, 0.05) is 17.3 Å². The summed E-state index contributed by atoms with van der Waals surface area (Å²) in [5.74, 6) is -0.663. The molecule has 2 fully saturated rings. The highest BCUT2D eigenvalue weighted by molar-refractivity contribution is 7.93. The Morgan fingerprint density at radius 2 is 1.94 bits per heavy atom. The Kier molecular flexibility index (Phi) is 6.15. The Hall–Kier alpha value is -2.99. The summed E-state index contributed by atoms with van der Waals surface area (Å²) in [7, 11) is -3.81. The third-order valence-corrected chi connectivity index (χ3v) is 8.20. The van der Waals surface area contributed by atoms with E-state index in [2.05, 4.69) is 41.1 Å². The number of hydrogen-bond donors (Lipinski definition) is 3. The van der Waals surface area contributed by atoms with Crippen LogP contribution in [0.2, 0.25) is 0 Å². The van der Waals surface area contributed by atoms with Crippen LogP contribution in [0.5, 0.6) is 0 Å². The third kappa shape index (κ3) is 4.92. The van der Waals surface area contributed by atoms with Crippen LogP contribution in [0.4, 0.5) is 15.6 Å². The van der Waals surface area contributed by atoms with E-state index in [9.17, 15) is 22.8 Å². The smallest absolute Gasteiger partial charge is 0.325 e. The molecule has 0 bridgehead atoms. The molecule has 1 aromatic carbocycles. The van der Waals surface area contributed by atoms with E-state index in [0.717, 1.165) is 22.7 Å². The summed E-state index contributed by atoms with van der Waals surface area (Å²) in [6.45, 7) is 5.80. The average molecular weight is 506 g/mol. The predicted molar refractivity (Wildman–Crippen MR) is 128 cm³/mol. The molecule has 4 amide bonds. The molecule has 1 aromatic heterocycles. The maximum Gasteiger partial charge on any atom is 0.325 e. The van der Waals surface area contributed by atoms with Crippen LogP contribution in [0, 0.1) is 11.3 Å². The van der Waals surface area contributed by atoms with Gasteiger partial charge < -0.3 is 10.6 Å². The highest BCUT2D eigenvalue weighted by Crippen LogP contribution is 2.46. The Morgan fingerprint density at radius 3 is 2.56 bits per heavy atom. The monoisotopic (exact) mass is 505 g/mol. The average Bonchev–Trinajstić information content (AvgIpc) is 3.29. The van der Waals surface area contributed by atoms with Gasteiger partial charge in [0.15, 0.2) is 5.13 Å². The van der Waals surface area contributed by atoms with Gasteiger partial charge in [0.25, 0.3) is 15.9 Å². The van der Waals surface area contributed by atoms with Crippen molar-refractivity contribution < 1.29 is 22.8 Å². The molecule has 2 heterocycles. The number of anilines is 2. The molecule has 0 radical (unpaired) electrons. The van der Waals surface area contributed by atoms with Crippen molar-refractivity contribution >= 4 is 50.0 Å². The first-order valence-corrected chi connectivity index (χ1v) is 13.2.